The molecule has 0 spiro atoms. The van der Waals surface area contributed by atoms with Crippen LogP contribution in [0.1, 0.15) is 17.3 Å². The molecule has 0 aliphatic carbocycles. The molecule has 1 aromatic heterocycles. The van der Waals surface area contributed by atoms with Gasteiger partial charge in [-0.15, -0.1) is 0 Å². The maximum absolute atomic E-state index is 12.0. The summed E-state index contributed by atoms with van der Waals surface area (Å²) in [5.74, 6) is -0.421. The number of nitrogens with one attached hydrogen (secondary N) is 2. The quantitative estimate of drug-likeness (QED) is 0.794. The number of benzene rings is 1. The van der Waals surface area contributed by atoms with Gasteiger partial charge in [-0.2, -0.15) is 0 Å². The fraction of sp³-hybridized carbons (Fsp3) is 0.353. The number of aromatic nitrogens is 2. The van der Waals surface area contributed by atoms with E-state index >= 15 is 0 Å². The standard InChI is InChI=1S/C17H20N4O4/c1-2-25-16(23)14-11-18-17(20-15(14)22)19-12-3-5-13(6-4-12)21-7-9-24-10-8-21/h3-6,11H,2,7-10H2,1H3,(H2,18,19,20,22). The van der Waals surface area contributed by atoms with Gasteiger partial charge in [0, 0.05) is 24.5 Å². The van der Waals surface area contributed by atoms with E-state index < -0.39 is 11.5 Å². The molecule has 1 aliphatic heterocycles. The second-order valence-electron chi connectivity index (χ2n) is 5.47. The Labute approximate surface area is 144 Å². The van der Waals surface area contributed by atoms with Crippen molar-refractivity contribution in [1.82, 2.24) is 9.97 Å². The van der Waals surface area contributed by atoms with Crippen LogP contribution in [0.5, 0.6) is 0 Å². The molecule has 1 saturated heterocycles. The Morgan fingerprint density at radius 2 is 2.04 bits per heavy atom. The van der Waals surface area contributed by atoms with Gasteiger partial charge in [0.25, 0.3) is 5.56 Å². The first-order valence-electron chi connectivity index (χ1n) is 8.13. The van der Waals surface area contributed by atoms with Crippen LogP contribution in [-0.2, 0) is 9.47 Å². The average molecular weight is 344 g/mol. The van der Waals surface area contributed by atoms with E-state index in [4.69, 9.17) is 9.47 Å². The second kappa shape index (κ2) is 7.80. The molecule has 2 N–H and O–H groups in total. The molecule has 3 rings (SSSR count). The van der Waals surface area contributed by atoms with Crippen molar-refractivity contribution in [2.75, 3.05) is 43.1 Å². The highest BCUT2D eigenvalue weighted by Gasteiger charge is 2.13. The number of hydrogen-bond donors (Lipinski definition) is 2. The van der Waals surface area contributed by atoms with E-state index in [0.717, 1.165) is 37.7 Å². The lowest BCUT2D eigenvalue weighted by atomic mass is 10.2. The van der Waals surface area contributed by atoms with Gasteiger partial charge in [0.2, 0.25) is 5.95 Å². The summed E-state index contributed by atoms with van der Waals surface area (Å²) >= 11 is 0. The molecule has 25 heavy (non-hydrogen) atoms. The van der Waals surface area contributed by atoms with Gasteiger partial charge in [-0.1, -0.05) is 0 Å². The Hall–Kier alpha value is -2.87. The minimum atomic E-state index is -0.683. The van der Waals surface area contributed by atoms with Crippen molar-refractivity contribution in [1.29, 1.82) is 0 Å². The highest BCUT2D eigenvalue weighted by atomic mass is 16.5. The fourth-order valence-corrected chi connectivity index (χ4v) is 2.53. The zero-order chi connectivity index (χ0) is 17.6. The Morgan fingerprint density at radius 1 is 1.32 bits per heavy atom. The van der Waals surface area contributed by atoms with Crippen LogP contribution in [0.3, 0.4) is 0 Å². The van der Waals surface area contributed by atoms with Crippen molar-refractivity contribution in [3.8, 4) is 0 Å². The van der Waals surface area contributed by atoms with Crippen LogP contribution in [0.15, 0.2) is 35.3 Å². The molecule has 1 fully saturated rings. The van der Waals surface area contributed by atoms with Crippen LogP contribution >= 0.6 is 0 Å². The van der Waals surface area contributed by atoms with Crippen LogP contribution < -0.4 is 15.8 Å². The van der Waals surface area contributed by atoms with Crippen molar-refractivity contribution in [2.24, 2.45) is 0 Å². The molecular formula is C17H20N4O4. The van der Waals surface area contributed by atoms with Crippen LogP contribution in [0, 0.1) is 0 Å². The van der Waals surface area contributed by atoms with Gasteiger partial charge in [0.05, 0.1) is 26.0 Å². The molecule has 2 heterocycles. The third-order valence-electron chi connectivity index (χ3n) is 3.80. The van der Waals surface area contributed by atoms with Gasteiger partial charge in [0.15, 0.2) is 0 Å². The Kier molecular flexibility index (Phi) is 5.30. The molecule has 0 amide bonds. The maximum Gasteiger partial charge on any atom is 0.345 e. The van der Waals surface area contributed by atoms with Crippen molar-refractivity contribution >= 4 is 23.3 Å². The summed E-state index contributed by atoms with van der Waals surface area (Å²) in [5.41, 5.74) is 1.24. The zero-order valence-corrected chi connectivity index (χ0v) is 13.9. The smallest absolute Gasteiger partial charge is 0.345 e. The predicted octanol–water partition coefficient (Wildman–Crippen LogP) is 1.53. The minimum absolute atomic E-state index is 0.116. The first-order chi connectivity index (χ1) is 12.2. The Bertz CT molecular complexity index is 782. The largest absolute Gasteiger partial charge is 0.462 e. The van der Waals surface area contributed by atoms with Crippen molar-refractivity contribution in [3.05, 3.63) is 46.4 Å². The topological polar surface area (TPSA) is 96.5 Å². The second-order valence-corrected chi connectivity index (χ2v) is 5.47. The zero-order valence-electron chi connectivity index (χ0n) is 13.9. The summed E-state index contributed by atoms with van der Waals surface area (Å²) in [5, 5.41) is 3.01. The Balaban J connectivity index is 1.68. The number of carbonyl (C=O) groups is 1. The summed E-state index contributed by atoms with van der Waals surface area (Å²) in [6, 6.07) is 7.81. The van der Waals surface area contributed by atoms with E-state index in [9.17, 15) is 9.59 Å². The molecule has 1 aliphatic rings. The molecule has 132 valence electrons. The van der Waals surface area contributed by atoms with Gasteiger partial charge in [-0.3, -0.25) is 9.78 Å². The third-order valence-corrected chi connectivity index (χ3v) is 3.80. The molecule has 0 radical (unpaired) electrons. The summed E-state index contributed by atoms with van der Waals surface area (Å²) in [7, 11) is 0. The highest BCUT2D eigenvalue weighted by Crippen LogP contribution is 2.20. The predicted molar refractivity (Wildman–Crippen MR) is 93.6 cm³/mol. The molecule has 2 aromatic rings. The number of ether oxygens (including phenoxy) is 2. The van der Waals surface area contributed by atoms with Crippen molar-refractivity contribution in [3.63, 3.8) is 0 Å². The van der Waals surface area contributed by atoms with E-state index in [1.165, 1.54) is 6.20 Å². The first-order valence-corrected chi connectivity index (χ1v) is 8.13. The number of anilines is 3. The average Bonchev–Trinajstić information content (AvgIpc) is 2.63. The lowest BCUT2D eigenvalue weighted by Gasteiger charge is -2.28. The van der Waals surface area contributed by atoms with Gasteiger partial charge in [0.1, 0.15) is 5.56 Å². The number of H-pyrrole nitrogens is 1. The number of carbonyl (C=O) groups excluding carboxylic acids is 1. The van der Waals surface area contributed by atoms with Gasteiger partial charge in [-0.05, 0) is 31.2 Å². The first kappa shape index (κ1) is 17.0. The number of rotatable bonds is 5. The Morgan fingerprint density at radius 3 is 2.68 bits per heavy atom. The molecule has 0 atom stereocenters. The van der Waals surface area contributed by atoms with Crippen molar-refractivity contribution in [2.45, 2.75) is 6.92 Å². The number of morpholine rings is 1. The lowest BCUT2D eigenvalue weighted by Crippen LogP contribution is -2.36. The van der Waals surface area contributed by atoms with E-state index in [2.05, 4.69) is 20.2 Å². The fourth-order valence-electron chi connectivity index (χ4n) is 2.53. The van der Waals surface area contributed by atoms with E-state index in [1.54, 1.807) is 6.92 Å². The van der Waals surface area contributed by atoms with Crippen LogP contribution in [0.25, 0.3) is 0 Å². The number of aromatic amines is 1. The maximum atomic E-state index is 12.0. The summed E-state index contributed by atoms with van der Waals surface area (Å²) in [4.78, 5) is 32.4. The number of nitrogens with zero attached hydrogens (tertiary/aromatic N) is 2. The minimum Gasteiger partial charge on any atom is -0.462 e. The van der Waals surface area contributed by atoms with Gasteiger partial charge < -0.3 is 19.7 Å². The molecule has 0 saturated carbocycles. The van der Waals surface area contributed by atoms with Crippen LogP contribution in [0.4, 0.5) is 17.3 Å². The molecule has 1 aromatic carbocycles. The van der Waals surface area contributed by atoms with E-state index in [1.807, 2.05) is 24.3 Å². The monoisotopic (exact) mass is 344 g/mol. The van der Waals surface area contributed by atoms with Gasteiger partial charge in [-0.25, -0.2) is 9.78 Å². The molecule has 8 heteroatoms. The highest BCUT2D eigenvalue weighted by molar-refractivity contribution is 5.88. The van der Waals surface area contributed by atoms with Crippen molar-refractivity contribution < 1.29 is 14.3 Å². The van der Waals surface area contributed by atoms with Gasteiger partial charge >= 0.3 is 5.97 Å². The molecule has 0 unspecified atom stereocenters. The normalized spacial score (nSPS) is 14.2. The lowest BCUT2D eigenvalue weighted by molar-refractivity contribution is 0.0524. The third kappa shape index (κ3) is 4.16. The van der Waals surface area contributed by atoms with Crippen LogP contribution in [-0.4, -0.2) is 48.8 Å². The van der Waals surface area contributed by atoms with Crippen LogP contribution in [0.2, 0.25) is 0 Å². The number of hydrogen-bond acceptors (Lipinski definition) is 7. The summed E-state index contributed by atoms with van der Waals surface area (Å²) in [6.07, 6.45) is 1.21. The molecular weight excluding hydrogens is 324 g/mol. The SMILES string of the molecule is CCOC(=O)c1cnc(Nc2ccc(N3CCOCC3)cc2)[nH]c1=O. The summed E-state index contributed by atoms with van der Waals surface area (Å²) in [6.45, 7) is 5.09. The molecule has 0 bridgehead atoms. The molecule has 8 nitrogen and oxygen atoms in total. The van der Waals surface area contributed by atoms with E-state index in [-0.39, 0.29) is 18.1 Å². The number of esters is 1. The summed E-state index contributed by atoms with van der Waals surface area (Å²) < 4.78 is 10.2. The van der Waals surface area contributed by atoms with E-state index in [0.29, 0.717) is 0 Å².